The lowest BCUT2D eigenvalue weighted by Gasteiger charge is -2.15. The topological polar surface area (TPSA) is 85.8 Å². The van der Waals surface area contributed by atoms with Crippen molar-refractivity contribution >= 4 is 11.6 Å². The van der Waals surface area contributed by atoms with Gasteiger partial charge in [0.1, 0.15) is 12.7 Å². The van der Waals surface area contributed by atoms with Crippen molar-refractivity contribution in [3.05, 3.63) is 36.4 Å². The van der Waals surface area contributed by atoms with Gasteiger partial charge in [0.05, 0.1) is 5.69 Å². The van der Waals surface area contributed by atoms with Crippen LogP contribution in [0.25, 0.3) is 5.69 Å². The highest BCUT2D eigenvalue weighted by molar-refractivity contribution is 5.93. The molecule has 2 atom stereocenters. The molecule has 1 saturated carbocycles. The average molecular weight is 299 g/mol. The van der Waals surface area contributed by atoms with Crippen LogP contribution < -0.4 is 11.1 Å². The van der Waals surface area contributed by atoms with Crippen LogP contribution in [0.2, 0.25) is 0 Å². The van der Waals surface area contributed by atoms with Gasteiger partial charge in [-0.1, -0.05) is 13.0 Å². The molecule has 1 heterocycles. The number of nitrogens with two attached hydrogens (primary N) is 1. The zero-order chi connectivity index (χ0) is 15.5. The minimum atomic E-state index is 0.0262. The molecule has 3 N–H and O–H groups in total. The molecule has 3 rings (SSSR count). The van der Waals surface area contributed by atoms with E-state index in [4.69, 9.17) is 5.73 Å². The Kier molecular flexibility index (Phi) is 4.20. The number of benzene rings is 1. The summed E-state index contributed by atoms with van der Waals surface area (Å²) in [5.41, 5.74) is 8.81. The van der Waals surface area contributed by atoms with Crippen molar-refractivity contribution in [2.75, 3.05) is 5.32 Å². The van der Waals surface area contributed by atoms with E-state index in [0.717, 1.165) is 42.6 Å². The molecule has 1 amide bonds. The summed E-state index contributed by atoms with van der Waals surface area (Å²) in [6.07, 6.45) is 6.73. The highest BCUT2D eigenvalue weighted by Crippen LogP contribution is 2.27. The van der Waals surface area contributed by atoms with E-state index in [1.807, 2.05) is 22.8 Å². The first kappa shape index (κ1) is 14.7. The van der Waals surface area contributed by atoms with Gasteiger partial charge in [0, 0.05) is 17.6 Å². The summed E-state index contributed by atoms with van der Waals surface area (Å²) in [5.74, 6) is 0.0989. The van der Waals surface area contributed by atoms with Crippen LogP contribution in [-0.4, -0.2) is 26.7 Å². The van der Waals surface area contributed by atoms with Crippen LogP contribution in [0.15, 0.2) is 30.9 Å². The van der Waals surface area contributed by atoms with Crippen LogP contribution >= 0.6 is 0 Å². The second kappa shape index (κ2) is 6.27. The van der Waals surface area contributed by atoms with Crippen molar-refractivity contribution in [2.24, 2.45) is 11.7 Å². The molecular weight excluding hydrogens is 278 g/mol. The third kappa shape index (κ3) is 3.01. The number of aromatic nitrogens is 3. The molecule has 1 aromatic carbocycles. The summed E-state index contributed by atoms with van der Waals surface area (Å²) in [5, 5.41) is 10.7. The van der Waals surface area contributed by atoms with Crippen molar-refractivity contribution in [3.8, 4) is 5.69 Å². The van der Waals surface area contributed by atoms with Crippen molar-refractivity contribution in [1.82, 2.24) is 14.8 Å². The minimum Gasteiger partial charge on any atom is -0.328 e. The van der Waals surface area contributed by atoms with Gasteiger partial charge in [0.25, 0.3) is 0 Å². The van der Waals surface area contributed by atoms with Crippen LogP contribution in [0.5, 0.6) is 0 Å². The van der Waals surface area contributed by atoms with Crippen LogP contribution in [0, 0.1) is 5.92 Å². The van der Waals surface area contributed by atoms with E-state index in [-0.39, 0.29) is 17.9 Å². The molecule has 0 saturated heterocycles. The summed E-state index contributed by atoms with van der Waals surface area (Å²) in [4.78, 5) is 12.4. The number of hydrogen-bond donors (Lipinski definition) is 2. The Hall–Kier alpha value is -2.21. The lowest BCUT2D eigenvalue weighted by atomic mass is 10.1. The summed E-state index contributed by atoms with van der Waals surface area (Å²) >= 11 is 0. The van der Waals surface area contributed by atoms with E-state index in [1.165, 1.54) is 0 Å². The normalized spacial score (nSPS) is 21.0. The van der Waals surface area contributed by atoms with Crippen LogP contribution in [0.1, 0.15) is 31.7 Å². The second-order valence-corrected chi connectivity index (χ2v) is 5.82. The van der Waals surface area contributed by atoms with Crippen molar-refractivity contribution in [3.63, 3.8) is 0 Å². The van der Waals surface area contributed by atoms with Gasteiger partial charge in [0.2, 0.25) is 5.91 Å². The fourth-order valence-electron chi connectivity index (χ4n) is 2.97. The van der Waals surface area contributed by atoms with Gasteiger partial charge in [0.15, 0.2) is 0 Å². The molecular formula is C16H21N5O. The Morgan fingerprint density at radius 1 is 1.36 bits per heavy atom. The van der Waals surface area contributed by atoms with Crippen LogP contribution in [0.3, 0.4) is 0 Å². The fourth-order valence-corrected chi connectivity index (χ4v) is 2.97. The molecule has 0 radical (unpaired) electrons. The molecule has 6 nitrogen and oxygen atoms in total. The maximum Gasteiger partial charge on any atom is 0.227 e. The Labute approximate surface area is 129 Å². The molecule has 1 aromatic heterocycles. The molecule has 0 spiro atoms. The van der Waals surface area contributed by atoms with Gasteiger partial charge in [-0.25, -0.2) is 0 Å². The summed E-state index contributed by atoms with van der Waals surface area (Å²) < 4.78 is 1.82. The predicted molar refractivity (Wildman–Crippen MR) is 84.7 cm³/mol. The molecule has 1 fully saturated rings. The number of hydrogen-bond acceptors (Lipinski definition) is 4. The van der Waals surface area contributed by atoms with Gasteiger partial charge in [-0.3, -0.25) is 9.36 Å². The maximum atomic E-state index is 12.4. The first-order valence-electron chi connectivity index (χ1n) is 7.71. The largest absolute Gasteiger partial charge is 0.328 e. The van der Waals surface area contributed by atoms with Crippen LogP contribution in [-0.2, 0) is 11.2 Å². The molecule has 0 aliphatic heterocycles. The molecule has 0 unspecified atom stereocenters. The number of aryl methyl sites for hydroxylation is 1. The molecule has 6 heteroatoms. The number of carbonyl (C=O) groups is 1. The number of nitrogens with one attached hydrogen (secondary N) is 1. The first-order chi connectivity index (χ1) is 10.7. The predicted octanol–water partition coefficient (Wildman–Crippen LogP) is 1.90. The molecule has 116 valence electrons. The van der Waals surface area contributed by atoms with E-state index < -0.39 is 0 Å². The summed E-state index contributed by atoms with van der Waals surface area (Å²) in [6, 6.07) is 6.16. The van der Waals surface area contributed by atoms with E-state index in [0.29, 0.717) is 0 Å². The lowest BCUT2D eigenvalue weighted by Crippen LogP contribution is -2.23. The van der Waals surface area contributed by atoms with Gasteiger partial charge in [-0.05, 0) is 43.4 Å². The smallest absolute Gasteiger partial charge is 0.227 e. The third-order valence-corrected chi connectivity index (χ3v) is 4.29. The third-order valence-electron chi connectivity index (χ3n) is 4.29. The zero-order valence-electron chi connectivity index (χ0n) is 12.7. The minimum absolute atomic E-state index is 0.0262. The Morgan fingerprint density at radius 3 is 2.77 bits per heavy atom. The lowest BCUT2D eigenvalue weighted by molar-refractivity contribution is -0.119. The highest BCUT2D eigenvalue weighted by atomic mass is 16.1. The molecule has 22 heavy (non-hydrogen) atoms. The standard InChI is InChI=1S/C16H21N5O/c1-2-11-4-6-14(21-9-18-19-10-21)8-15(11)20-16(22)12-3-5-13(17)7-12/h4,6,8-10,12-13H,2-3,5,7,17H2,1H3,(H,20,22)/t12-,13+/m0/s1. The SMILES string of the molecule is CCc1ccc(-n2cnnc2)cc1NC(=O)[C@H]1CC[C@@H](N)C1. The van der Waals surface area contributed by atoms with E-state index >= 15 is 0 Å². The first-order valence-corrected chi connectivity index (χ1v) is 7.71. The Morgan fingerprint density at radius 2 is 2.14 bits per heavy atom. The highest BCUT2D eigenvalue weighted by Gasteiger charge is 2.28. The molecule has 1 aliphatic rings. The zero-order valence-corrected chi connectivity index (χ0v) is 12.7. The molecule has 2 aromatic rings. The van der Waals surface area contributed by atoms with Crippen LogP contribution in [0.4, 0.5) is 5.69 Å². The van der Waals surface area contributed by atoms with Gasteiger partial charge < -0.3 is 11.1 Å². The second-order valence-electron chi connectivity index (χ2n) is 5.82. The van der Waals surface area contributed by atoms with Crippen molar-refractivity contribution < 1.29 is 4.79 Å². The number of nitrogens with zero attached hydrogens (tertiary/aromatic N) is 3. The average Bonchev–Trinajstić information content (AvgIpc) is 3.18. The maximum absolute atomic E-state index is 12.4. The summed E-state index contributed by atoms with van der Waals surface area (Å²) in [7, 11) is 0. The van der Waals surface area contributed by atoms with E-state index in [9.17, 15) is 4.79 Å². The van der Waals surface area contributed by atoms with E-state index in [1.54, 1.807) is 12.7 Å². The monoisotopic (exact) mass is 299 g/mol. The van der Waals surface area contributed by atoms with E-state index in [2.05, 4.69) is 22.4 Å². The van der Waals surface area contributed by atoms with Crippen molar-refractivity contribution in [1.29, 1.82) is 0 Å². The number of rotatable bonds is 4. The number of amides is 1. The van der Waals surface area contributed by atoms with Crippen molar-refractivity contribution in [2.45, 2.75) is 38.6 Å². The number of anilines is 1. The number of carbonyl (C=O) groups excluding carboxylic acids is 1. The quantitative estimate of drug-likeness (QED) is 0.902. The van der Waals surface area contributed by atoms with Gasteiger partial charge in [-0.2, -0.15) is 0 Å². The molecule has 1 aliphatic carbocycles. The fraction of sp³-hybridized carbons (Fsp3) is 0.438. The van der Waals surface area contributed by atoms with Gasteiger partial charge in [-0.15, -0.1) is 10.2 Å². The van der Waals surface area contributed by atoms with Gasteiger partial charge >= 0.3 is 0 Å². The summed E-state index contributed by atoms with van der Waals surface area (Å²) in [6.45, 7) is 2.08. The molecule has 0 bridgehead atoms. The Balaban J connectivity index is 1.82. The Bertz CT molecular complexity index is 653.